The van der Waals surface area contributed by atoms with Crippen molar-refractivity contribution < 1.29 is 0 Å². The molecule has 0 amide bonds. The van der Waals surface area contributed by atoms with Crippen molar-refractivity contribution in [3.05, 3.63) is 16.5 Å². The van der Waals surface area contributed by atoms with Crippen molar-refractivity contribution in [2.45, 2.75) is 92.2 Å². The molecule has 18 heavy (non-hydrogen) atoms. The lowest BCUT2D eigenvalue weighted by molar-refractivity contribution is 0.423. The van der Waals surface area contributed by atoms with Crippen LogP contribution in [0.5, 0.6) is 0 Å². The smallest absolute Gasteiger partial charge is 0.208 e. The fraction of sp³-hybridized carbons (Fsp3) is 0.824. The van der Waals surface area contributed by atoms with Gasteiger partial charge in [-0.05, 0) is 38.5 Å². The Morgan fingerprint density at radius 2 is 0.944 bits per heavy atom. The van der Waals surface area contributed by atoms with Gasteiger partial charge in [-0.1, -0.05) is 41.5 Å². The molecule has 0 atom stereocenters. The summed E-state index contributed by atoms with van der Waals surface area (Å²) in [7, 11) is 0. The fourth-order valence-corrected chi connectivity index (χ4v) is 3.01. The first kappa shape index (κ1) is 15.5. The average Bonchev–Trinajstić information content (AvgIpc) is 2.74. The van der Waals surface area contributed by atoms with E-state index in [0.717, 1.165) is 0 Å². The molecule has 0 unspecified atom stereocenters. The second-order valence-electron chi connectivity index (χ2n) is 8.19. The van der Waals surface area contributed by atoms with E-state index in [1.54, 1.807) is 16.5 Å². The van der Waals surface area contributed by atoms with Crippen molar-refractivity contribution in [2.75, 3.05) is 0 Å². The van der Waals surface area contributed by atoms with Gasteiger partial charge in [-0.2, -0.15) is 0 Å². The zero-order valence-corrected chi connectivity index (χ0v) is 14.1. The molecular weight excluding hydrogens is 218 g/mol. The third-order valence-electron chi connectivity index (χ3n) is 3.53. The van der Waals surface area contributed by atoms with Gasteiger partial charge in [0.2, 0.25) is 5.36 Å². The highest BCUT2D eigenvalue weighted by atomic mass is 15.1. The van der Waals surface area contributed by atoms with E-state index in [2.05, 4.69) is 73.8 Å². The van der Waals surface area contributed by atoms with E-state index < -0.39 is 0 Å². The summed E-state index contributed by atoms with van der Waals surface area (Å²) < 4.78 is 2.58. The first-order valence-corrected chi connectivity index (χ1v) is 7.30. The Kier molecular flexibility index (Phi) is 3.87. The van der Waals surface area contributed by atoms with Crippen LogP contribution in [0.15, 0.2) is 0 Å². The molecule has 0 N–H and O–H groups in total. The SMILES string of the molecule is CC(C)[N+](=c1c(C(C)(C)C)c1C(C)(C)C)C(C)C. The van der Waals surface area contributed by atoms with Gasteiger partial charge in [0.15, 0.2) is 0 Å². The van der Waals surface area contributed by atoms with Gasteiger partial charge < -0.3 is 0 Å². The third kappa shape index (κ3) is 2.87. The van der Waals surface area contributed by atoms with E-state index in [0.29, 0.717) is 12.1 Å². The van der Waals surface area contributed by atoms with Crippen LogP contribution < -0.4 is 9.93 Å². The molecule has 0 saturated heterocycles. The molecule has 0 bridgehead atoms. The van der Waals surface area contributed by atoms with Crippen LogP contribution in [0.2, 0.25) is 0 Å². The van der Waals surface area contributed by atoms with Crippen molar-refractivity contribution in [3.63, 3.8) is 0 Å². The predicted molar refractivity (Wildman–Crippen MR) is 81.8 cm³/mol. The molecule has 1 nitrogen and oxygen atoms in total. The van der Waals surface area contributed by atoms with Crippen molar-refractivity contribution >= 4 is 0 Å². The van der Waals surface area contributed by atoms with Crippen LogP contribution in [-0.2, 0) is 10.8 Å². The molecule has 0 fully saturated rings. The van der Waals surface area contributed by atoms with Crippen LogP contribution in [0.3, 0.4) is 0 Å². The molecule has 1 heteroatoms. The molecule has 0 radical (unpaired) electrons. The van der Waals surface area contributed by atoms with Crippen molar-refractivity contribution in [1.82, 2.24) is 4.58 Å². The lowest BCUT2D eigenvalue weighted by Crippen LogP contribution is -2.39. The van der Waals surface area contributed by atoms with E-state index in [1.165, 1.54) is 0 Å². The molecule has 0 aliphatic carbocycles. The van der Waals surface area contributed by atoms with Crippen LogP contribution >= 0.6 is 0 Å². The average molecular weight is 250 g/mol. The Labute approximate surface area is 114 Å². The maximum atomic E-state index is 2.58. The van der Waals surface area contributed by atoms with Gasteiger partial charge in [0.1, 0.15) is 12.1 Å². The zero-order chi connectivity index (χ0) is 14.5. The van der Waals surface area contributed by atoms with Gasteiger partial charge in [0.25, 0.3) is 0 Å². The van der Waals surface area contributed by atoms with Crippen LogP contribution in [-0.4, -0.2) is 12.1 Å². The van der Waals surface area contributed by atoms with E-state index >= 15 is 0 Å². The second kappa shape index (κ2) is 4.51. The minimum absolute atomic E-state index is 0.264. The Morgan fingerprint density at radius 3 is 1.11 bits per heavy atom. The number of nitrogens with zero attached hydrogens (tertiary/aromatic N) is 1. The molecular formula is C17H32N+. The molecule has 0 aliphatic rings. The maximum Gasteiger partial charge on any atom is 0.208 e. The predicted octanol–water partition coefficient (Wildman–Crippen LogP) is 3.75. The van der Waals surface area contributed by atoms with Crippen molar-refractivity contribution in [1.29, 1.82) is 0 Å². The fourth-order valence-electron chi connectivity index (χ4n) is 3.01. The molecule has 0 saturated carbocycles. The van der Waals surface area contributed by atoms with E-state index in [-0.39, 0.29) is 10.8 Å². The highest BCUT2D eigenvalue weighted by Gasteiger charge is 2.43. The van der Waals surface area contributed by atoms with Crippen LogP contribution in [0.1, 0.15) is 80.4 Å². The molecule has 0 heterocycles. The van der Waals surface area contributed by atoms with Crippen molar-refractivity contribution in [2.24, 2.45) is 0 Å². The number of rotatable bonds is 2. The lowest BCUT2D eigenvalue weighted by atomic mass is 9.86. The van der Waals surface area contributed by atoms with Gasteiger partial charge >= 0.3 is 0 Å². The van der Waals surface area contributed by atoms with Crippen LogP contribution in [0.4, 0.5) is 0 Å². The van der Waals surface area contributed by atoms with E-state index in [4.69, 9.17) is 0 Å². The second-order valence-corrected chi connectivity index (χ2v) is 8.19. The summed E-state index contributed by atoms with van der Waals surface area (Å²) in [5, 5.41) is 1.54. The first-order chi connectivity index (χ1) is 7.89. The highest BCUT2D eigenvalue weighted by Crippen LogP contribution is 2.35. The molecule has 0 spiro atoms. The Morgan fingerprint density at radius 1 is 0.667 bits per heavy atom. The van der Waals surface area contributed by atoms with Gasteiger partial charge in [-0.3, -0.25) is 0 Å². The van der Waals surface area contributed by atoms with Crippen LogP contribution in [0.25, 0.3) is 0 Å². The quantitative estimate of drug-likeness (QED) is 0.703. The summed E-state index contributed by atoms with van der Waals surface area (Å²) in [6.45, 7) is 23.2. The van der Waals surface area contributed by atoms with Gasteiger partial charge in [0.05, 0.1) is 0 Å². The topological polar surface area (TPSA) is 3.01 Å². The summed E-state index contributed by atoms with van der Waals surface area (Å²) in [5.74, 6) is 0. The maximum absolute atomic E-state index is 2.58. The number of hydrogen-bond donors (Lipinski definition) is 0. The summed E-state index contributed by atoms with van der Waals surface area (Å²) in [6.07, 6.45) is 0. The first-order valence-electron chi connectivity index (χ1n) is 7.30. The molecule has 1 aromatic carbocycles. The van der Waals surface area contributed by atoms with Crippen molar-refractivity contribution in [3.8, 4) is 0 Å². The molecule has 104 valence electrons. The highest BCUT2D eigenvalue weighted by molar-refractivity contribution is 5.48. The lowest BCUT2D eigenvalue weighted by Gasteiger charge is -2.16. The largest absolute Gasteiger partial charge is 0.225 e. The minimum atomic E-state index is 0.264. The Hall–Kier alpha value is -0.590. The molecule has 1 rings (SSSR count). The third-order valence-corrected chi connectivity index (χ3v) is 3.53. The standard InChI is InChI=1S/C17H32N/c1-11(2)18(12(3)4)15-13(16(5,6)7)14(15)17(8,9)10/h11-12H,1-10H3/q+1. The normalized spacial score (nSPS) is 14.0. The summed E-state index contributed by atoms with van der Waals surface area (Å²) in [5.41, 5.74) is 3.72. The van der Waals surface area contributed by atoms with Gasteiger partial charge in [0, 0.05) is 11.1 Å². The van der Waals surface area contributed by atoms with Crippen LogP contribution in [0, 0.1) is 0 Å². The monoisotopic (exact) mass is 250 g/mol. The van der Waals surface area contributed by atoms with Gasteiger partial charge in [-0.25, -0.2) is 4.58 Å². The van der Waals surface area contributed by atoms with E-state index in [9.17, 15) is 0 Å². The molecule has 0 aromatic heterocycles. The Balaban J connectivity index is 3.54. The zero-order valence-electron chi connectivity index (χ0n) is 14.1. The summed E-state index contributed by atoms with van der Waals surface area (Å²) in [4.78, 5) is 0. The Bertz CT molecular complexity index is 399. The van der Waals surface area contributed by atoms with E-state index in [1.807, 2.05) is 0 Å². The number of hydrogen-bond acceptors (Lipinski definition) is 0. The minimum Gasteiger partial charge on any atom is -0.225 e. The molecule has 1 aromatic rings. The summed E-state index contributed by atoms with van der Waals surface area (Å²) in [6, 6.07) is 1.13. The van der Waals surface area contributed by atoms with Gasteiger partial charge in [-0.15, -0.1) is 0 Å². The molecule has 0 aliphatic heterocycles. The summed E-state index contributed by atoms with van der Waals surface area (Å²) >= 11 is 0.